The fourth-order valence-corrected chi connectivity index (χ4v) is 18.4. The van der Waals surface area contributed by atoms with Crippen LogP contribution in [0.2, 0.25) is 16.6 Å². The van der Waals surface area contributed by atoms with Gasteiger partial charge < -0.3 is 43.3 Å². The highest BCUT2D eigenvalue weighted by Gasteiger charge is 2.75. The lowest BCUT2D eigenvalue weighted by molar-refractivity contribution is -0.337. The molecule has 0 unspecified atom stereocenters. The van der Waals surface area contributed by atoms with Crippen LogP contribution in [-0.2, 0) is 42.4 Å². The van der Waals surface area contributed by atoms with E-state index in [0.29, 0.717) is 18.4 Å². The van der Waals surface area contributed by atoms with Crippen LogP contribution in [0.5, 0.6) is 0 Å². The summed E-state index contributed by atoms with van der Waals surface area (Å²) in [6, 6.07) is 1.16. The summed E-state index contributed by atoms with van der Waals surface area (Å²) in [4.78, 5) is 46.5. The second kappa shape index (κ2) is 17.2. The van der Waals surface area contributed by atoms with Gasteiger partial charge in [0.05, 0.1) is 18.3 Å². The molecule has 15 heteroatoms. The van der Waals surface area contributed by atoms with Gasteiger partial charge in [-0.2, -0.15) is 0 Å². The molecule has 1 aromatic heterocycles. The first-order valence-corrected chi connectivity index (χ1v) is 24.9. The Labute approximate surface area is 374 Å². The quantitative estimate of drug-likeness (QED) is 0.0890. The van der Waals surface area contributed by atoms with E-state index in [0.717, 1.165) is 5.57 Å². The number of pyridine rings is 1. The van der Waals surface area contributed by atoms with Crippen molar-refractivity contribution in [3.05, 3.63) is 53.6 Å². The summed E-state index contributed by atoms with van der Waals surface area (Å²) in [5.41, 5.74) is -4.17. The van der Waals surface area contributed by atoms with Crippen LogP contribution in [0, 0.1) is 28.5 Å². The summed E-state index contributed by atoms with van der Waals surface area (Å²) >= 11 is 0. The van der Waals surface area contributed by atoms with E-state index in [1.807, 2.05) is 27.7 Å². The number of alkyl carbamates (subject to hydrolysis) is 1. The van der Waals surface area contributed by atoms with Gasteiger partial charge >= 0.3 is 18.0 Å². The molecule has 2 saturated carbocycles. The fraction of sp³-hybridized carbons (Fsp3) is 0.750. The molecule has 2 aliphatic heterocycles. The highest BCUT2D eigenvalue weighted by Crippen LogP contribution is 2.68. The Morgan fingerprint density at radius 2 is 1.71 bits per heavy atom. The minimum Gasteiger partial charge on any atom is -0.456 e. The van der Waals surface area contributed by atoms with E-state index in [1.165, 1.54) is 25.3 Å². The van der Waals surface area contributed by atoms with E-state index in [-0.39, 0.29) is 41.4 Å². The molecule has 2 saturated heterocycles. The third-order valence-electron chi connectivity index (χ3n) is 15.5. The van der Waals surface area contributed by atoms with Gasteiger partial charge in [-0.15, -0.1) is 0 Å². The maximum atomic E-state index is 16.1. The Balaban J connectivity index is 1.54. The molecule has 0 spiro atoms. The van der Waals surface area contributed by atoms with Gasteiger partial charge in [-0.1, -0.05) is 75.8 Å². The molecular weight excluding hydrogens is 828 g/mol. The average molecular weight is 901 g/mol. The molecule has 4 fully saturated rings. The van der Waals surface area contributed by atoms with Gasteiger partial charge in [-0.25, -0.2) is 14.0 Å². The third kappa shape index (κ3) is 8.12. The van der Waals surface area contributed by atoms with Crippen LogP contribution in [-0.4, -0.2) is 96.7 Å². The molecule has 6 rings (SSSR count). The largest absolute Gasteiger partial charge is 0.456 e. The number of carbonyl (C=O) groups excluding carboxylic acids is 3. The van der Waals surface area contributed by atoms with Crippen LogP contribution < -0.4 is 5.32 Å². The molecule has 13 nitrogen and oxygen atoms in total. The van der Waals surface area contributed by atoms with Gasteiger partial charge in [0.1, 0.15) is 41.5 Å². The summed E-state index contributed by atoms with van der Waals surface area (Å²) in [6.07, 6.45) is -1.82. The van der Waals surface area contributed by atoms with Crippen molar-refractivity contribution in [3.8, 4) is 0 Å². The molecule has 2 bridgehead atoms. The number of aromatic nitrogens is 1. The number of halogens is 1. The first-order valence-electron chi connectivity index (χ1n) is 22.8. The molecule has 352 valence electrons. The van der Waals surface area contributed by atoms with Crippen molar-refractivity contribution in [3.63, 3.8) is 0 Å². The highest BCUT2D eigenvalue weighted by atomic mass is 28.4. The summed E-state index contributed by atoms with van der Waals surface area (Å²) in [7, 11) is -3.02. The Morgan fingerprint density at radius 1 is 1.08 bits per heavy atom. The van der Waals surface area contributed by atoms with Crippen LogP contribution in [0.4, 0.5) is 9.18 Å². The number of nitrogens with one attached hydrogen (secondary N) is 1. The first kappa shape index (κ1) is 49.2. The molecule has 3 aliphatic carbocycles. The molecule has 1 aromatic rings. The van der Waals surface area contributed by atoms with E-state index < -0.39 is 108 Å². The molecule has 1 amide bonds. The van der Waals surface area contributed by atoms with Crippen molar-refractivity contribution in [1.82, 2.24) is 10.3 Å². The van der Waals surface area contributed by atoms with Crippen molar-refractivity contribution < 1.29 is 56.7 Å². The maximum absolute atomic E-state index is 16.1. The van der Waals surface area contributed by atoms with Gasteiger partial charge in [0.25, 0.3) is 0 Å². The van der Waals surface area contributed by atoms with Crippen LogP contribution in [0.3, 0.4) is 0 Å². The Bertz CT molecular complexity index is 1940. The number of amides is 1. The number of ether oxygens (including phenoxy) is 6. The predicted octanol–water partition coefficient (Wildman–Crippen LogP) is 8.80. The van der Waals surface area contributed by atoms with E-state index >= 15 is 9.18 Å². The van der Waals surface area contributed by atoms with E-state index in [1.54, 1.807) is 26.8 Å². The summed E-state index contributed by atoms with van der Waals surface area (Å²) < 4.78 is 61.7. The monoisotopic (exact) mass is 900 g/mol. The minimum atomic E-state index is -3.02. The molecule has 63 heavy (non-hydrogen) atoms. The summed E-state index contributed by atoms with van der Waals surface area (Å²) in [6.45, 7) is 33.0. The second-order valence-electron chi connectivity index (χ2n) is 21.5. The van der Waals surface area contributed by atoms with Crippen molar-refractivity contribution in [1.29, 1.82) is 0 Å². The Kier molecular flexibility index (Phi) is 13.5. The number of nitrogens with zero attached hydrogens (tertiary/aromatic N) is 1. The van der Waals surface area contributed by atoms with Gasteiger partial charge in [-0.05, 0) is 92.4 Å². The van der Waals surface area contributed by atoms with Gasteiger partial charge in [0.15, 0.2) is 18.0 Å². The van der Waals surface area contributed by atoms with Crippen LogP contribution in [0.15, 0.2) is 42.1 Å². The zero-order chi connectivity index (χ0) is 47.0. The van der Waals surface area contributed by atoms with Crippen LogP contribution >= 0.6 is 0 Å². The van der Waals surface area contributed by atoms with Gasteiger partial charge in [0.2, 0.25) is 8.32 Å². The molecule has 5 aliphatic rings. The normalized spacial score (nSPS) is 34.7. The summed E-state index contributed by atoms with van der Waals surface area (Å²) in [5, 5.41) is 16.5. The molecule has 0 aromatic carbocycles. The Morgan fingerprint density at radius 3 is 2.24 bits per heavy atom. The molecule has 0 radical (unpaired) electrons. The van der Waals surface area contributed by atoms with Crippen LogP contribution in [0.25, 0.3) is 0 Å². The van der Waals surface area contributed by atoms with E-state index in [9.17, 15) is 14.7 Å². The number of aliphatic hydroxyl groups is 1. The number of hydrogen-bond acceptors (Lipinski definition) is 12. The zero-order valence-electron chi connectivity index (χ0n) is 40.1. The zero-order valence-corrected chi connectivity index (χ0v) is 41.1. The van der Waals surface area contributed by atoms with Gasteiger partial charge in [-0.3, -0.25) is 9.78 Å². The average Bonchev–Trinajstić information content (AvgIpc) is 3.58. The van der Waals surface area contributed by atoms with Gasteiger partial charge in [0, 0.05) is 36.3 Å². The lowest BCUT2D eigenvalue weighted by Crippen LogP contribution is -2.77. The van der Waals surface area contributed by atoms with E-state index in [2.05, 4.69) is 65.3 Å². The highest BCUT2D eigenvalue weighted by molar-refractivity contribution is 6.77. The molecule has 12 atom stereocenters. The van der Waals surface area contributed by atoms with Crippen molar-refractivity contribution in [2.24, 2.45) is 22.7 Å². The molecule has 3 heterocycles. The second-order valence-corrected chi connectivity index (χ2v) is 26.9. The number of rotatable bonds is 12. The Hall–Kier alpha value is -3.21. The standard InChI is InChI=1S/C48H73FN2O11Si/c1-17-34-58-38-35-28(8)32(23-48(55,45(35,14)15)29(9)40-46(16,41(38)59-34)21-20-33-47(40,24-56-33)60-30(10)52)57-42(53)39(62-63(25(2)3,26(4)5)27(6)7)37(36-31(49)19-18-22-50-36)51-43(54)61-44(11,12)13/h17-19,22,25-27,29,32-34,37-41,55H,1,20-21,23-24H2,2-16H3,(H,51,54)/t29-,32-,33+,34+,37-,38+,39+,40-,41+,46+,47-,48+/m0/s1. The SMILES string of the molecule is C=C[C@@H]1O[C@@H]2C3=C(C)[C@@H](OC(=O)[C@H](O[Si](C(C)C)(C(C)C)C(C)C)[C@@H](NC(=O)OC(C)(C)C)c4ncccc4F)C[C@@](O)([C@@H](C)[C@H]4[C@@](C)(CC[C@H]5OC[C@]54OC(C)=O)[C@@H]2O1)C3(C)C. The van der Waals surface area contributed by atoms with Crippen LogP contribution in [0.1, 0.15) is 135 Å². The third-order valence-corrected chi connectivity index (χ3v) is 21.6. The van der Waals surface area contributed by atoms with E-state index in [4.69, 9.17) is 32.8 Å². The first-order chi connectivity index (χ1) is 29.1. The van der Waals surface area contributed by atoms with Crippen molar-refractivity contribution >= 4 is 26.3 Å². The lowest BCUT2D eigenvalue weighted by atomic mass is 9.43. The summed E-state index contributed by atoms with van der Waals surface area (Å²) in [5.74, 6) is -3.14. The smallest absolute Gasteiger partial charge is 0.408 e. The van der Waals surface area contributed by atoms with Crippen molar-refractivity contribution in [2.75, 3.05) is 6.61 Å². The predicted molar refractivity (Wildman–Crippen MR) is 236 cm³/mol. The molecule has 2 N–H and O–H groups in total. The number of esters is 2. The minimum absolute atomic E-state index is 0.0287. The number of hydrogen-bond donors (Lipinski definition) is 2. The lowest BCUT2D eigenvalue weighted by Gasteiger charge is -2.68. The number of fused-ring (bicyclic) bond motifs is 8. The molecular formula is C48H73FN2O11Si. The topological polar surface area (TPSA) is 161 Å². The maximum Gasteiger partial charge on any atom is 0.408 e. The number of carbonyl (C=O) groups is 3. The fourth-order valence-electron chi connectivity index (χ4n) is 12.9. The van der Waals surface area contributed by atoms with Crippen molar-refractivity contribution in [2.45, 2.75) is 199 Å².